The molecule has 4 rings (SSSR count). The highest BCUT2D eigenvalue weighted by Gasteiger charge is 2.31. The lowest BCUT2D eigenvalue weighted by molar-refractivity contribution is 0.0296. The molecular formula is C24H35N3O3. The van der Waals surface area contributed by atoms with E-state index in [-0.39, 0.29) is 5.91 Å². The van der Waals surface area contributed by atoms with E-state index in [4.69, 9.17) is 9.47 Å². The Labute approximate surface area is 179 Å². The molecule has 2 aliphatic heterocycles. The first-order valence-corrected chi connectivity index (χ1v) is 11.4. The van der Waals surface area contributed by atoms with Crippen LogP contribution in [0.25, 0.3) is 10.9 Å². The number of rotatable bonds is 6. The number of likely N-dealkylation sites (tertiary alicyclic amines) is 1. The first-order chi connectivity index (χ1) is 14.6. The summed E-state index contributed by atoms with van der Waals surface area (Å²) in [4.78, 5) is 18.5. The Kier molecular flexibility index (Phi) is 6.64. The summed E-state index contributed by atoms with van der Waals surface area (Å²) in [7, 11) is 1.68. The van der Waals surface area contributed by atoms with Gasteiger partial charge in [0.2, 0.25) is 0 Å². The third-order valence-corrected chi connectivity index (χ3v) is 6.83. The molecule has 2 aliphatic rings. The zero-order chi connectivity index (χ0) is 21.1. The lowest BCUT2D eigenvalue weighted by Crippen LogP contribution is -2.46. The fourth-order valence-electron chi connectivity index (χ4n) is 5.13. The van der Waals surface area contributed by atoms with E-state index in [0.717, 1.165) is 93.1 Å². The Morgan fingerprint density at radius 2 is 2.00 bits per heavy atom. The van der Waals surface area contributed by atoms with E-state index in [9.17, 15) is 4.79 Å². The number of carbonyl (C=O) groups excluding carboxylic acids is 1. The minimum absolute atomic E-state index is 0.185. The molecule has 1 atom stereocenters. The van der Waals surface area contributed by atoms with Crippen molar-refractivity contribution in [1.82, 2.24) is 14.4 Å². The minimum atomic E-state index is 0.185. The number of aromatic nitrogens is 1. The zero-order valence-electron chi connectivity index (χ0n) is 18.7. The van der Waals surface area contributed by atoms with E-state index < -0.39 is 0 Å². The Hall–Kier alpha value is -2.05. The van der Waals surface area contributed by atoms with Gasteiger partial charge in [-0.1, -0.05) is 0 Å². The van der Waals surface area contributed by atoms with Gasteiger partial charge in [0.05, 0.1) is 25.9 Å². The van der Waals surface area contributed by atoms with E-state index in [2.05, 4.69) is 34.3 Å². The predicted octanol–water partition coefficient (Wildman–Crippen LogP) is 3.70. The smallest absolute Gasteiger partial charge is 0.256 e. The molecule has 6 heteroatoms. The molecule has 30 heavy (non-hydrogen) atoms. The van der Waals surface area contributed by atoms with Gasteiger partial charge in [-0.15, -0.1) is 0 Å². The van der Waals surface area contributed by atoms with E-state index in [1.807, 2.05) is 12.1 Å². The molecule has 1 amide bonds. The van der Waals surface area contributed by atoms with Gasteiger partial charge in [-0.05, 0) is 57.7 Å². The van der Waals surface area contributed by atoms with Crippen molar-refractivity contribution in [2.75, 3.05) is 46.5 Å². The second-order valence-corrected chi connectivity index (χ2v) is 8.48. The molecule has 2 fully saturated rings. The fraction of sp³-hybridized carbons (Fsp3) is 0.625. The van der Waals surface area contributed by atoms with Crippen molar-refractivity contribution in [3.8, 4) is 5.75 Å². The molecule has 1 aromatic carbocycles. The number of piperidine rings is 1. The second-order valence-electron chi connectivity index (χ2n) is 8.48. The number of ether oxygens (including phenoxy) is 2. The molecule has 2 aromatic rings. The monoisotopic (exact) mass is 413 g/mol. The molecule has 2 saturated heterocycles. The van der Waals surface area contributed by atoms with Crippen LogP contribution in [0, 0.1) is 6.92 Å². The average molecular weight is 414 g/mol. The fourth-order valence-corrected chi connectivity index (χ4v) is 5.13. The van der Waals surface area contributed by atoms with Crippen LogP contribution in [0.2, 0.25) is 0 Å². The first-order valence-electron chi connectivity index (χ1n) is 11.4. The molecular weight excluding hydrogens is 378 g/mol. The standard InChI is InChI=1S/C24H35N3O3/c1-4-26-18(2)23(21-17-20(29-3)8-9-22(21)26)24(28)27-11-6-5-7-19(27)10-12-25-13-15-30-16-14-25/h8-9,17,19H,4-7,10-16H2,1-3H3. The van der Waals surface area contributed by atoms with Gasteiger partial charge in [0.15, 0.2) is 0 Å². The molecule has 0 radical (unpaired) electrons. The summed E-state index contributed by atoms with van der Waals surface area (Å²) >= 11 is 0. The van der Waals surface area contributed by atoms with Gasteiger partial charge in [0, 0.05) is 55.4 Å². The number of hydrogen-bond acceptors (Lipinski definition) is 4. The highest BCUT2D eigenvalue weighted by Crippen LogP contribution is 2.32. The van der Waals surface area contributed by atoms with Gasteiger partial charge >= 0.3 is 0 Å². The number of morpholine rings is 1. The van der Waals surface area contributed by atoms with E-state index in [0.29, 0.717) is 6.04 Å². The van der Waals surface area contributed by atoms with E-state index >= 15 is 0 Å². The van der Waals surface area contributed by atoms with Crippen molar-refractivity contribution >= 4 is 16.8 Å². The summed E-state index contributed by atoms with van der Waals surface area (Å²) in [5, 5.41) is 1.01. The van der Waals surface area contributed by atoms with Crippen LogP contribution in [0.15, 0.2) is 18.2 Å². The summed E-state index contributed by atoms with van der Waals surface area (Å²) in [5.74, 6) is 0.983. The number of hydrogen-bond donors (Lipinski definition) is 0. The minimum Gasteiger partial charge on any atom is -0.497 e. The number of nitrogens with zero attached hydrogens (tertiary/aromatic N) is 3. The third kappa shape index (κ3) is 4.08. The van der Waals surface area contributed by atoms with Gasteiger partial charge in [-0.2, -0.15) is 0 Å². The van der Waals surface area contributed by atoms with Crippen LogP contribution in [0.4, 0.5) is 0 Å². The molecule has 0 aliphatic carbocycles. The van der Waals surface area contributed by atoms with Crippen LogP contribution >= 0.6 is 0 Å². The maximum Gasteiger partial charge on any atom is 0.256 e. The maximum absolute atomic E-state index is 13.9. The zero-order valence-corrected chi connectivity index (χ0v) is 18.7. The number of benzene rings is 1. The number of carbonyl (C=O) groups is 1. The van der Waals surface area contributed by atoms with Gasteiger partial charge in [0.1, 0.15) is 5.75 Å². The predicted molar refractivity (Wildman–Crippen MR) is 119 cm³/mol. The largest absolute Gasteiger partial charge is 0.497 e. The van der Waals surface area contributed by atoms with Gasteiger partial charge in [0.25, 0.3) is 5.91 Å². The van der Waals surface area contributed by atoms with Crippen LogP contribution in [0.5, 0.6) is 5.75 Å². The summed E-state index contributed by atoms with van der Waals surface area (Å²) in [5.41, 5.74) is 3.02. The molecule has 6 nitrogen and oxygen atoms in total. The van der Waals surface area contributed by atoms with Crippen molar-refractivity contribution in [1.29, 1.82) is 0 Å². The van der Waals surface area contributed by atoms with Crippen molar-refractivity contribution in [3.63, 3.8) is 0 Å². The van der Waals surface area contributed by atoms with Crippen molar-refractivity contribution in [3.05, 3.63) is 29.5 Å². The second kappa shape index (κ2) is 9.40. The molecule has 3 heterocycles. The number of methoxy groups -OCH3 is 1. The molecule has 164 valence electrons. The van der Waals surface area contributed by atoms with Crippen LogP contribution in [0.3, 0.4) is 0 Å². The van der Waals surface area contributed by atoms with Crippen LogP contribution in [-0.2, 0) is 11.3 Å². The third-order valence-electron chi connectivity index (χ3n) is 6.83. The maximum atomic E-state index is 13.9. The topological polar surface area (TPSA) is 46.9 Å². The molecule has 0 N–H and O–H groups in total. The highest BCUT2D eigenvalue weighted by atomic mass is 16.5. The molecule has 0 bridgehead atoms. The molecule has 1 unspecified atom stereocenters. The Balaban J connectivity index is 1.61. The van der Waals surface area contributed by atoms with Crippen LogP contribution in [0.1, 0.15) is 48.7 Å². The van der Waals surface area contributed by atoms with Crippen molar-refractivity contribution in [2.24, 2.45) is 0 Å². The quantitative estimate of drug-likeness (QED) is 0.725. The van der Waals surface area contributed by atoms with E-state index in [1.54, 1.807) is 7.11 Å². The van der Waals surface area contributed by atoms with Crippen molar-refractivity contribution in [2.45, 2.75) is 52.1 Å². The summed E-state index contributed by atoms with van der Waals surface area (Å²) < 4.78 is 13.2. The molecule has 0 saturated carbocycles. The lowest BCUT2D eigenvalue weighted by Gasteiger charge is -2.37. The number of fused-ring (bicyclic) bond motifs is 1. The normalized spacial score (nSPS) is 20.6. The highest BCUT2D eigenvalue weighted by molar-refractivity contribution is 6.09. The van der Waals surface area contributed by atoms with Gasteiger partial charge < -0.3 is 18.9 Å². The average Bonchev–Trinajstić information content (AvgIpc) is 3.08. The Morgan fingerprint density at radius 3 is 2.73 bits per heavy atom. The van der Waals surface area contributed by atoms with Gasteiger partial charge in [-0.3, -0.25) is 9.69 Å². The Bertz CT molecular complexity index is 885. The first kappa shape index (κ1) is 21.2. The summed E-state index contributed by atoms with van der Waals surface area (Å²) in [6, 6.07) is 6.40. The number of aryl methyl sites for hydroxylation is 1. The lowest BCUT2D eigenvalue weighted by atomic mass is 9.97. The van der Waals surface area contributed by atoms with Crippen LogP contribution < -0.4 is 4.74 Å². The number of amides is 1. The molecule has 1 aromatic heterocycles. The Morgan fingerprint density at radius 1 is 1.20 bits per heavy atom. The SMILES string of the molecule is CCn1c(C)c(C(=O)N2CCCCC2CCN2CCOCC2)c2cc(OC)ccc21. The van der Waals surface area contributed by atoms with Crippen molar-refractivity contribution < 1.29 is 14.3 Å². The summed E-state index contributed by atoms with van der Waals surface area (Å²) in [6.45, 7) is 10.6. The van der Waals surface area contributed by atoms with Gasteiger partial charge in [-0.25, -0.2) is 0 Å². The van der Waals surface area contributed by atoms with Crippen LogP contribution in [-0.4, -0.2) is 72.8 Å². The van der Waals surface area contributed by atoms with E-state index in [1.165, 1.54) is 6.42 Å². The molecule has 0 spiro atoms. The summed E-state index contributed by atoms with van der Waals surface area (Å²) in [6.07, 6.45) is 4.45.